The predicted molar refractivity (Wildman–Crippen MR) is 87.3 cm³/mol. The van der Waals surface area contributed by atoms with Gasteiger partial charge in [0.1, 0.15) is 11.5 Å². The first-order valence-corrected chi connectivity index (χ1v) is 8.53. The number of piperidine rings is 1. The van der Waals surface area contributed by atoms with Crippen molar-refractivity contribution in [1.82, 2.24) is 14.5 Å². The van der Waals surface area contributed by atoms with E-state index in [9.17, 15) is 9.59 Å². The Kier molecular flexibility index (Phi) is 3.57. The first-order valence-electron chi connectivity index (χ1n) is 7.69. The molecule has 0 spiro atoms. The normalized spacial score (nSPS) is 23.1. The van der Waals surface area contributed by atoms with Crippen LogP contribution in [0.4, 0.5) is 10.5 Å². The second-order valence-corrected chi connectivity index (χ2v) is 6.65. The highest BCUT2D eigenvalue weighted by Gasteiger charge is 2.42. The van der Waals surface area contributed by atoms with E-state index in [1.165, 1.54) is 11.5 Å². The molecule has 2 saturated heterocycles. The molecule has 118 valence electrons. The Morgan fingerprint density at radius 1 is 1.17 bits per heavy atom. The Morgan fingerprint density at radius 3 is 2.48 bits per heavy atom. The summed E-state index contributed by atoms with van der Waals surface area (Å²) in [6.07, 6.45) is 2.86. The van der Waals surface area contributed by atoms with Gasteiger partial charge < -0.3 is 10.2 Å². The zero-order chi connectivity index (χ0) is 15.8. The Balaban J connectivity index is 1.46. The van der Waals surface area contributed by atoms with E-state index < -0.39 is 0 Å². The van der Waals surface area contributed by atoms with Crippen molar-refractivity contribution in [2.45, 2.75) is 37.8 Å². The van der Waals surface area contributed by atoms with Crippen molar-refractivity contribution in [3.63, 3.8) is 0 Å². The number of rotatable bonds is 2. The van der Waals surface area contributed by atoms with Crippen LogP contribution in [0.3, 0.4) is 0 Å². The minimum Gasteiger partial charge on any atom is -0.318 e. The Morgan fingerprint density at radius 2 is 1.87 bits per heavy atom. The summed E-state index contributed by atoms with van der Waals surface area (Å²) in [5.74, 6) is 0.280. The number of urea groups is 1. The maximum absolute atomic E-state index is 12.5. The molecule has 6 nitrogen and oxygen atoms in total. The van der Waals surface area contributed by atoms with Gasteiger partial charge in [-0.1, -0.05) is 16.6 Å². The largest absolute Gasteiger partial charge is 0.322 e. The van der Waals surface area contributed by atoms with E-state index in [-0.39, 0.29) is 23.9 Å². The predicted octanol–water partition coefficient (Wildman–Crippen LogP) is 2.93. The van der Waals surface area contributed by atoms with Gasteiger partial charge in [0, 0.05) is 41.6 Å². The summed E-state index contributed by atoms with van der Waals surface area (Å²) in [4.78, 5) is 26.0. The van der Waals surface area contributed by atoms with E-state index in [1.54, 1.807) is 0 Å². The van der Waals surface area contributed by atoms with Crippen molar-refractivity contribution in [2.75, 3.05) is 5.32 Å². The number of nitrogens with one attached hydrogen (secondary N) is 1. The topological polar surface area (TPSA) is 75.2 Å². The van der Waals surface area contributed by atoms with E-state index in [0.717, 1.165) is 29.8 Å². The minimum absolute atomic E-state index is 0.0709. The van der Waals surface area contributed by atoms with E-state index >= 15 is 0 Å². The Hall–Kier alpha value is -2.28. The van der Waals surface area contributed by atoms with Gasteiger partial charge in [-0.25, -0.2) is 4.79 Å². The summed E-state index contributed by atoms with van der Waals surface area (Å²) in [7, 11) is 0. The lowest BCUT2D eigenvalue weighted by Gasteiger charge is -2.33. The summed E-state index contributed by atoms with van der Waals surface area (Å²) in [5, 5.41) is 8.85. The molecule has 1 N–H and O–H groups in total. The van der Waals surface area contributed by atoms with Crippen molar-refractivity contribution in [3.8, 4) is 11.3 Å². The summed E-state index contributed by atoms with van der Waals surface area (Å²) >= 11 is 1.31. The highest BCUT2D eigenvalue weighted by molar-refractivity contribution is 7.03. The zero-order valence-electron chi connectivity index (χ0n) is 12.4. The number of nitrogens with zero attached hydrogens (tertiary/aromatic N) is 3. The van der Waals surface area contributed by atoms with Gasteiger partial charge >= 0.3 is 6.03 Å². The number of aromatic nitrogens is 2. The molecule has 7 heteroatoms. The molecular formula is C16H16N4O2S. The maximum Gasteiger partial charge on any atom is 0.322 e. The monoisotopic (exact) mass is 328 g/mol. The molecule has 23 heavy (non-hydrogen) atoms. The highest BCUT2D eigenvalue weighted by Crippen LogP contribution is 2.34. The van der Waals surface area contributed by atoms with Crippen LogP contribution in [-0.4, -0.2) is 38.4 Å². The molecule has 4 rings (SSSR count). The highest BCUT2D eigenvalue weighted by atomic mass is 32.1. The number of anilines is 1. The van der Waals surface area contributed by atoms with Crippen molar-refractivity contribution in [1.29, 1.82) is 0 Å². The Bertz CT molecular complexity index is 713. The SMILES string of the molecule is O=C1CC2CCC(C1)N2C(=O)Nc1ccc(-c2csnn2)cc1. The van der Waals surface area contributed by atoms with E-state index in [2.05, 4.69) is 14.9 Å². The summed E-state index contributed by atoms with van der Waals surface area (Å²) in [6.45, 7) is 0. The van der Waals surface area contributed by atoms with Crippen LogP contribution >= 0.6 is 11.5 Å². The fourth-order valence-electron chi connectivity index (χ4n) is 3.51. The van der Waals surface area contributed by atoms with E-state index in [1.807, 2.05) is 34.5 Å². The van der Waals surface area contributed by atoms with Crippen LogP contribution in [-0.2, 0) is 4.79 Å². The van der Waals surface area contributed by atoms with E-state index in [4.69, 9.17) is 0 Å². The molecule has 1 aromatic heterocycles. The fraction of sp³-hybridized carbons (Fsp3) is 0.375. The maximum atomic E-state index is 12.5. The molecule has 2 aliphatic rings. The summed E-state index contributed by atoms with van der Waals surface area (Å²) < 4.78 is 3.85. The molecule has 1 aromatic carbocycles. The van der Waals surface area contributed by atoms with Gasteiger partial charge in [0.05, 0.1) is 0 Å². The van der Waals surface area contributed by atoms with Crippen LogP contribution < -0.4 is 5.32 Å². The lowest BCUT2D eigenvalue weighted by molar-refractivity contribution is -0.122. The molecule has 2 amide bonds. The van der Waals surface area contributed by atoms with Crippen molar-refractivity contribution >= 4 is 29.0 Å². The lowest BCUT2D eigenvalue weighted by Crippen LogP contribution is -2.48. The Labute approximate surface area is 137 Å². The standard InChI is InChI=1S/C16H16N4O2S/c21-14-7-12-5-6-13(8-14)20(12)16(22)17-11-3-1-10(2-4-11)15-9-23-19-18-15/h1-4,9,12-13H,5-8H2,(H,17,22). The number of benzene rings is 1. The third-order valence-corrected chi connectivity index (χ3v) is 5.08. The van der Waals surface area contributed by atoms with Gasteiger partial charge in [0.15, 0.2) is 0 Å². The van der Waals surface area contributed by atoms with Crippen molar-refractivity contribution in [3.05, 3.63) is 29.6 Å². The third kappa shape index (κ3) is 2.72. The molecule has 2 aliphatic heterocycles. The second-order valence-electron chi connectivity index (χ2n) is 6.04. The molecular weight excluding hydrogens is 312 g/mol. The van der Waals surface area contributed by atoms with Gasteiger partial charge in [0.25, 0.3) is 0 Å². The quantitative estimate of drug-likeness (QED) is 0.919. The molecule has 0 aliphatic carbocycles. The van der Waals surface area contributed by atoms with Gasteiger partial charge in [0.2, 0.25) is 0 Å². The van der Waals surface area contributed by atoms with Gasteiger partial charge in [-0.05, 0) is 36.5 Å². The first kappa shape index (κ1) is 14.3. The number of ketones is 1. The lowest BCUT2D eigenvalue weighted by atomic mass is 10.0. The molecule has 2 atom stereocenters. The molecule has 0 radical (unpaired) electrons. The van der Waals surface area contributed by atoms with Crippen LogP contribution in [0.25, 0.3) is 11.3 Å². The summed E-state index contributed by atoms with van der Waals surface area (Å²) in [6, 6.07) is 7.60. The molecule has 2 fully saturated rings. The number of hydrogen-bond donors (Lipinski definition) is 1. The average molecular weight is 328 g/mol. The number of fused-ring (bicyclic) bond motifs is 2. The van der Waals surface area contributed by atoms with Crippen LogP contribution in [0.15, 0.2) is 29.6 Å². The fourth-order valence-corrected chi connectivity index (χ4v) is 3.97. The van der Waals surface area contributed by atoms with Gasteiger partial charge in [-0.15, -0.1) is 5.10 Å². The molecule has 2 aromatic rings. The average Bonchev–Trinajstić information content (AvgIpc) is 3.15. The number of carbonyl (C=O) groups is 2. The van der Waals surface area contributed by atoms with E-state index in [0.29, 0.717) is 12.8 Å². The third-order valence-electron chi connectivity index (χ3n) is 4.57. The van der Waals surface area contributed by atoms with Gasteiger partial charge in [-0.3, -0.25) is 4.79 Å². The molecule has 3 heterocycles. The minimum atomic E-state index is -0.104. The number of amides is 2. The van der Waals surface area contributed by atoms with Gasteiger partial charge in [-0.2, -0.15) is 0 Å². The number of carbonyl (C=O) groups excluding carboxylic acids is 2. The van der Waals surface area contributed by atoms with Crippen molar-refractivity contribution in [2.24, 2.45) is 0 Å². The van der Waals surface area contributed by atoms with Crippen LogP contribution in [0.1, 0.15) is 25.7 Å². The van der Waals surface area contributed by atoms with Crippen LogP contribution in [0.2, 0.25) is 0 Å². The second kappa shape index (κ2) is 5.73. The first-order chi connectivity index (χ1) is 11.2. The molecule has 0 saturated carbocycles. The molecule has 2 unspecified atom stereocenters. The number of hydrogen-bond acceptors (Lipinski definition) is 5. The zero-order valence-corrected chi connectivity index (χ0v) is 13.3. The van der Waals surface area contributed by atoms with Crippen LogP contribution in [0.5, 0.6) is 0 Å². The smallest absolute Gasteiger partial charge is 0.318 e. The van der Waals surface area contributed by atoms with Crippen molar-refractivity contribution < 1.29 is 9.59 Å². The summed E-state index contributed by atoms with van der Waals surface area (Å²) in [5.41, 5.74) is 2.55. The van der Waals surface area contributed by atoms with Crippen LogP contribution in [0, 0.1) is 0 Å². The molecule has 2 bridgehead atoms. The number of Topliss-reactive ketones (excluding diaryl/α,β-unsaturated/α-hetero) is 1.